The van der Waals surface area contributed by atoms with Crippen LogP contribution in [0.5, 0.6) is 0 Å². The Morgan fingerprint density at radius 1 is 1.20 bits per heavy atom. The second kappa shape index (κ2) is 9.85. The molecule has 0 saturated heterocycles. The summed E-state index contributed by atoms with van der Waals surface area (Å²) >= 11 is 0. The first-order valence-electron chi connectivity index (χ1n) is 10.4. The van der Waals surface area contributed by atoms with Gasteiger partial charge in [0, 0.05) is 20.1 Å². The van der Waals surface area contributed by atoms with Gasteiger partial charge < -0.3 is 14.6 Å². The first kappa shape index (κ1) is 22.0. The average Bonchev–Trinajstić information content (AvgIpc) is 3.04. The lowest BCUT2D eigenvalue weighted by atomic mass is 10.1. The molecule has 3 aromatic rings. The molecule has 1 N–H and O–H groups in total. The molecule has 1 amide bonds. The lowest BCUT2D eigenvalue weighted by molar-refractivity contribution is -0.124. The molecule has 0 aliphatic rings. The maximum absolute atomic E-state index is 13.4. The molecule has 1 unspecified atom stereocenters. The molecule has 0 aliphatic carbocycles. The van der Waals surface area contributed by atoms with Crippen molar-refractivity contribution >= 4 is 16.9 Å². The summed E-state index contributed by atoms with van der Waals surface area (Å²) in [5, 5.41) is 2.98. The summed E-state index contributed by atoms with van der Waals surface area (Å²) < 4.78 is 20.5. The van der Waals surface area contributed by atoms with Crippen molar-refractivity contribution in [3.8, 4) is 0 Å². The van der Waals surface area contributed by atoms with Crippen LogP contribution in [0.3, 0.4) is 0 Å². The van der Waals surface area contributed by atoms with Crippen molar-refractivity contribution in [2.75, 3.05) is 20.3 Å². The van der Waals surface area contributed by atoms with Crippen LogP contribution < -0.4 is 5.32 Å². The van der Waals surface area contributed by atoms with Gasteiger partial charge in [0.1, 0.15) is 17.7 Å². The normalized spacial score (nSPS) is 12.3. The van der Waals surface area contributed by atoms with Gasteiger partial charge in [0.25, 0.3) is 0 Å². The van der Waals surface area contributed by atoms with E-state index < -0.39 is 0 Å². The molecule has 1 heterocycles. The molecule has 0 spiro atoms. The van der Waals surface area contributed by atoms with Gasteiger partial charge in [-0.1, -0.05) is 25.5 Å². The van der Waals surface area contributed by atoms with Crippen LogP contribution in [0.25, 0.3) is 11.0 Å². The highest BCUT2D eigenvalue weighted by Crippen LogP contribution is 2.28. The number of carbonyl (C=O) groups excluding carboxylic acids is 1. The number of hydrogen-bond donors (Lipinski definition) is 1. The van der Waals surface area contributed by atoms with Gasteiger partial charge in [0.05, 0.1) is 17.6 Å². The fourth-order valence-electron chi connectivity index (χ4n) is 3.70. The van der Waals surface area contributed by atoms with Gasteiger partial charge in [-0.15, -0.1) is 0 Å². The van der Waals surface area contributed by atoms with Crippen LogP contribution in [-0.4, -0.2) is 35.7 Å². The van der Waals surface area contributed by atoms with Crippen LogP contribution in [-0.2, 0) is 16.0 Å². The SMILES string of the molecule is CCCC(C(=O)NCCOC)n1c(Cc2ccc(F)cc2)nc2cc(C)c(C)cc21. The van der Waals surface area contributed by atoms with Crippen molar-refractivity contribution in [2.24, 2.45) is 0 Å². The number of imidazole rings is 1. The number of ether oxygens (including phenoxy) is 1. The molecule has 6 heteroatoms. The third kappa shape index (κ3) is 4.87. The summed E-state index contributed by atoms with van der Waals surface area (Å²) in [6.45, 7) is 7.14. The highest BCUT2D eigenvalue weighted by Gasteiger charge is 2.25. The standard InChI is InChI=1S/C24H30FN3O2/c1-5-6-21(24(29)26-11-12-30-4)28-22-14-17(3)16(2)13-20(22)27-23(28)15-18-7-9-19(25)10-8-18/h7-10,13-14,21H,5-6,11-12,15H2,1-4H3,(H,26,29). The number of methoxy groups -OCH3 is 1. The van der Waals surface area contributed by atoms with Crippen molar-refractivity contribution in [3.63, 3.8) is 0 Å². The number of fused-ring (bicyclic) bond motifs is 1. The van der Waals surface area contributed by atoms with Crippen LogP contribution in [0.1, 0.15) is 48.3 Å². The van der Waals surface area contributed by atoms with Gasteiger partial charge in [-0.2, -0.15) is 0 Å². The highest BCUT2D eigenvalue weighted by molar-refractivity contribution is 5.85. The molecular formula is C24H30FN3O2. The smallest absolute Gasteiger partial charge is 0.243 e. The maximum atomic E-state index is 13.4. The van der Waals surface area contributed by atoms with Gasteiger partial charge in [-0.05, 0) is 61.2 Å². The molecule has 160 valence electrons. The van der Waals surface area contributed by atoms with Crippen LogP contribution in [0.4, 0.5) is 4.39 Å². The quantitative estimate of drug-likeness (QED) is 0.528. The van der Waals surface area contributed by atoms with Crippen molar-refractivity contribution in [1.29, 1.82) is 0 Å². The molecule has 0 radical (unpaired) electrons. The zero-order valence-corrected chi connectivity index (χ0v) is 18.2. The zero-order valence-electron chi connectivity index (χ0n) is 18.2. The summed E-state index contributed by atoms with van der Waals surface area (Å²) in [5.74, 6) is 0.508. The fraction of sp³-hybridized carbons (Fsp3) is 0.417. The second-order valence-corrected chi connectivity index (χ2v) is 7.71. The number of aromatic nitrogens is 2. The Labute approximate surface area is 177 Å². The Morgan fingerprint density at radius 2 is 1.90 bits per heavy atom. The van der Waals surface area contributed by atoms with E-state index in [2.05, 4.69) is 42.8 Å². The number of halogens is 1. The Balaban J connectivity index is 2.08. The fourth-order valence-corrected chi connectivity index (χ4v) is 3.70. The largest absolute Gasteiger partial charge is 0.383 e. The summed E-state index contributed by atoms with van der Waals surface area (Å²) in [7, 11) is 1.62. The van der Waals surface area contributed by atoms with E-state index in [1.165, 1.54) is 12.1 Å². The Morgan fingerprint density at radius 3 is 2.57 bits per heavy atom. The third-order valence-electron chi connectivity index (χ3n) is 5.44. The lowest BCUT2D eigenvalue weighted by Gasteiger charge is -2.21. The first-order valence-corrected chi connectivity index (χ1v) is 10.4. The number of amides is 1. The number of benzene rings is 2. The average molecular weight is 412 g/mol. The summed E-state index contributed by atoms with van der Waals surface area (Å²) in [5.41, 5.74) is 5.11. The zero-order chi connectivity index (χ0) is 21.7. The maximum Gasteiger partial charge on any atom is 0.243 e. The summed E-state index contributed by atoms with van der Waals surface area (Å²) in [6.07, 6.45) is 2.09. The monoisotopic (exact) mass is 411 g/mol. The van der Waals surface area contributed by atoms with E-state index in [4.69, 9.17) is 9.72 Å². The summed E-state index contributed by atoms with van der Waals surface area (Å²) in [6, 6.07) is 10.3. The topological polar surface area (TPSA) is 56.1 Å². The molecule has 1 aromatic heterocycles. The highest BCUT2D eigenvalue weighted by atomic mass is 19.1. The van der Waals surface area contributed by atoms with E-state index in [9.17, 15) is 9.18 Å². The van der Waals surface area contributed by atoms with Crippen molar-refractivity contribution in [1.82, 2.24) is 14.9 Å². The number of nitrogens with one attached hydrogen (secondary N) is 1. The second-order valence-electron chi connectivity index (χ2n) is 7.71. The number of carbonyl (C=O) groups is 1. The Kier molecular flexibility index (Phi) is 7.21. The Hall–Kier alpha value is -2.73. The molecule has 0 saturated carbocycles. The van der Waals surface area contributed by atoms with Gasteiger partial charge in [0.2, 0.25) is 5.91 Å². The van der Waals surface area contributed by atoms with Crippen molar-refractivity contribution < 1.29 is 13.9 Å². The molecule has 0 aliphatic heterocycles. The minimum Gasteiger partial charge on any atom is -0.383 e. The molecule has 30 heavy (non-hydrogen) atoms. The predicted molar refractivity (Wildman–Crippen MR) is 117 cm³/mol. The van der Waals surface area contributed by atoms with Gasteiger partial charge in [-0.3, -0.25) is 4.79 Å². The third-order valence-corrected chi connectivity index (χ3v) is 5.44. The first-order chi connectivity index (χ1) is 14.4. The van der Waals surface area contributed by atoms with E-state index in [0.717, 1.165) is 40.0 Å². The van der Waals surface area contributed by atoms with E-state index in [-0.39, 0.29) is 17.8 Å². The van der Waals surface area contributed by atoms with E-state index in [1.54, 1.807) is 19.2 Å². The minimum absolute atomic E-state index is 0.0354. The Bertz CT molecular complexity index is 1010. The molecule has 3 rings (SSSR count). The van der Waals surface area contributed by atoms with Crippen molar-refractivity contribution in [2.45, 2.75) is 46.1 Å². The molecule has 1 atom stereocenters. The van der Waals surface area contributed by atoms with E-state index >= 15 is 0 Å². The van der Waals surface area contributed by atoms with Gasteiger partial charge in [-0.25, -0.2) is 9.37 Å². The minimum atomic E-state index is -0.366. The van der Waals surface area contributed by atoms with Crippen LogP contribution >= 0.6 is 0 Å². The molecule has 5 nitrogen and oxygen atoms in total. The van der Waals surface area contributed by atoms with Crippen LogP contribution in [0.15, 0.2) is 36.4 Å². The molecule has 2 aromatic carbocycles. The van der Waals surface area contributed by atoms with E-state index in [1.807, 2.05) is 0 Å². The van der Waals surface area contributed by atoms with Crippen LogP contribution in [0, 0.1) is 19.7 Å². The lowest BCUT2D eigenvalue weighted by Crippen LogP contribution is -2.35. The predicted octanol–water partition coefficient (Wildman–Crippen LogP) is 4.49. The van der Waals surface area contributed by atoms with Crippen molar-refractivity contribution in [3.05, 3.63) is 64.7 Å². The van der Waals surface area contributed by atoms with Crippen LogP contribution in [0.2, 0.25) is 0 Å². The molecule has 0 bridgehead atoms. The number of hydrogen-bond acceptors (Lipinski definition) is 3. The van der Waals surface area contributed by atoms with E-state index in [0.29, 0.717) is 26.0 Å². The number of aryl methyl sites for hydroxylation is 2. The van der Waals surface area contributed by atoms with Gasteiger partial charge >= 0.3 is 0 Å². The summed E-state index contributed by atoms with van der Waals surface area (Å²) in [4.78, 5) is 18.0. The number of rotatable bonds is 9. The molecular weight excluding hydrogens is 381 g/mol. The van der Waals surface area contributed by atoms with Gasteiger partial charge in [0.15, 0.2) is 0 Å². The number of nitrogens with zero attached hydrogens (tertiary/aromatic N) is 2. The molecule has 0 fully saturated rings.